The van der Waals surface area contributed by atoms with Crippen LogP contribution in [0.4, 0.5) is 0 Å². The summed E-state index contributed by atoms with van der Waals surface area (Å²) in [6.45, 7) is 4.81. The van der Waals surface area contributed by atoms with Crippen LogP contribution in [0.25, 0.3) is 0 Å². The minimum absolute atomic E-state index is 0.152. The molecule has 0 heterocycles. The highest BCUT2D eigenvalue weighted by atomic mass is 16.3. The second kappa shape index (κ2) is 4.73. The van der Waals surface area contributed by atoms with E-state index in [2.05, 4.69) is 19.9 Å². The van der Waals surface area contributed by atoms with Crippen LogP contribution in [0.5, 0.6) is 0 Å². The molecule has 7 atom stereocenters. The van der Waals surface area contributed by atoms with Crippen LogP contribution in [-0.2, 0) is 0 Å². The Morgan fingerprint density at radius 2 is 1.68 bits per heavy atom. The molecule has 0 aromatic carbocycles. The highest BCUT2D eigenvalue weighted by molar-refractivity contribution is 5.20. The molecule has 0 spiro atoms. The summed E-state index contributed by atoms with van der Waals surface area (Å²) in [5.41, 5.74) is -0.663. The first kappa shape index (κ1) is 15.0. The molecule has 1 N–H and O–H groups in total. The van der Waals surface area contributed by atoms with Crippen molar-refractivity contribution in [1.82, 2.24) is 0 Å². The van der Waals surface area contributed by atoms with E-state index in [1.807, 2.05) is 0 Å². The normalized spacial score (nSPS) is 57.4. The first-order valence-corrected chi connectivity index (χ1v) is 9.58. The average molecular weight is 301 g/mol. The van der Waals surface area contributed by atoms with Crippen LogP contribution in [0.15, 0.2) is 0 Å². The lowest BCUT2D eigenvalue weighted by Crippen LogP contribution is -2.55. The van der Waals surface area contributed by atoms with Crippen LogP contribution in [0, 0.1) is 45.8 Å². The second-order valence-electron chi connectivity index (χ2n) is 9.37. The Labute approximate surface area is 135 Å². The number of hydrogen-bond acceptors (Lipinski definition) is 2. The van der Waals surface area contributed by atoms with Gasteiger partial charge in [-0.3, -0.25) is 0 Å². The molecule has 4 fully saturated rings. The lowest BCUT2D eigenvalue weighted by atomic mass is 9.44. The Morgan fingerprint density at radius 3 is 2.45 bits per heavy atom. The van der Waals surface area contributed by atoms with Gasteiger partial charge in [0.25, 0.3) is 0 Å². The predicted octanol–water partition coefficient (Wildman–Crippen LogP) is 4.67. The summed E-state index contributed by atoms with van der Waals surface area (Å²) in [5.74, 6) is 3.14. The van der Waals surface area contributed by atoms with Gasteiger partial charge < -0.3 is 5.11 Å². The summed E-state index contributed by atoms with van der Waals surface area (Å²) in [7, 11) is 0. The van der Waals surface area contributed by atoms with E-state index in [-0.39, 0.29) is 5.41 Å². The maximum atomic E-state index is 10.9. The summed E-state index contributed by atoms with van der Waals surface area (Å²) in [5, 5.41) is 20.4. The van der Waals surface area contributed by atoms with Crippen molar-refractivity contribution in [2.45, 2.75) is 83.7 Å². The number of rotatable bonds is 0. The van der Waals surface area contributed by atoms with Gasteiger partial charge in [0.05, 0.1) is 6.07 Å². The standard InChI is InChI=1S/C20H31NO/c1-18-10-4-3-5-14(18)6-7-15-16(18)8-11-19(2)17(15)9-12-20(19,22)13-21/h14-17,22H,3-12H2,1-2H3/t14?,15-,16+,17+,18+,19+,20+/m1/s1. The van der Waals surface area contributed by atoms with E-state index in [0.29, 0.717) is 17.8 Å². The maximum Gasteiger partial charge on any atom is 0.156 e. The third kappa shape index (κ3) is 1.70. The van der Waals surface area contributed by atoms with Gasteiger partial charge in [0, 0.05) is 5.41 Å². The zero-order chi connectivity index (χ0) is 15.6. The summed E-state index contributed by atoms with van der Waals surface area (Å²) in [4.78, 5) is 0. The SMILES string of the molecule is C[C@]12CCCCC1CC[C@@H]1[C@@H]2CC[C@@]2(C)[C@H]1CC[C@]2(O)C#N. The van der Waals surface area contributed by atoms with Crippen molar-refractivity contribution >= 4 is 0 Å². The van der Waals surface area contributed by atoms with E-state index >= 15 is 0 Å². The summed E-state index contributed by atoms with van der Waals surface area (Å²) in [6, 6.07) is 2.30. The highest BCUT2D eigenvalue weighted by Gasteiger charge is 2.64. The number of nitrogens with zero attached hydrogens (tertiary/aromatic N) is 1. The molecule has 0 aromatic rings. The minimum atomic E-state index is -1.06. The van der Waals surface area contributed by atoms with E-state index in [4.69, 9.17) is 0 Å². The fourth-order valence-electron chi connectivity index (χ4n) is 7.49. The quantitative estimate of drug-likeness (QED) is 0.661. The molecule has 2 heteroatoms. The van der Waals surface area contributed by atoms with Gasteiger partial charge in [-0.05, 0) is 80.5 Å². The molecule has 4 aliphatic carbocycles. The molecule has 0 amide bonds. The molecule has 0 aromatic heterocycles. The molecule has 0 saturated heterocycles. The fraction of sp³-hybridized carbons (Fsp3) is 0.950. The Hall–Kier alpha value is -0.550. The van der Waals surface area contributed by atoms with Crippen molar-refractivity contribution in [1.29, 1.82) is 5.26 Å². The molecule has 0 aliphatic heterocycles. The third-order valence-corrected chi connectivity index (χ3v) is 8.92. The summed E-state index contributed by atoms with van der Waals surface area (Å²) < 4.78 is 0. The molecule has 4 saturated carbocycles. The number of aliphatic hydroxyl groups is 1. The Bertz CT molecular complexity index is 510. The van der Waals surface area contributed by atoms with Crippen molar-refractivity contribution in [3.05, 3.63) is 0 Å². The highest BCUT2D eigenvalue weighted by Crippen LogP contribution is 2.68. The Morgan fingerprint density at radius 1 is 0.909 bits per heavy atom. The summed E-state index contributed by atoms with van der Waals surface area (Å²) >= 11 is 0. The predicted molar refractivity (Wildman–Crippen MR) is 86.9 cm³/mol. The van der Waals surface area contributed by atoms with E-state index in [9.17, 15) is 10.4 Å². The van der Waals surface area contributed by atoms with Crippen molar-refractivity contribution < 1.29 is 5.11 Å². The van der Waals surface area contributed by atoms with Gasteiger partial charge in [-0.1, -0.05) is 26.7 Å². The first-order valence-electron chi connectivity index (χ1n) is 9.58. The molecule has 122 valence electrons. The molecule has 4 aliphatic rings. The van der Waals surface area contributed by atoms with Gasteiger partial charge in [-0.15, -0.1) is 0 Å². The number of nitriles is 1. The molecule has 2 nitrogen and oxygen atoms in total. The smallest absolute Gasteiger partial charge is 0.156 e. The Balaban J connectivity index is 1.67. The van der Waals surface area contributed by atoms with Crippen molar-refractivity contribution in [3.63, 3.8) is 0 Å². The molecule has 0 bridgehead atoms. The van der Waals surface area contributed by atoms with Gasteiger partial charge in [0.15, 0.2) is 5.60 Å². The fourth-order valence-corrected chi connectivity index (χ4v) is 7.49. The van der Waals surface area contributed by atoms with E-state index < -0.39 is 5.60 Å². The van der Waals surface area contributed by atoms with Gasteiger partial charge in [0.2, 0.25) is 0 Å². The van der Waals surface area contributed by atoms with Crippen LogP contribution in [0.1, 0.15) is 78.1 Å². The second-order valence-corrected chi connectivity index (χ2v) is 9.37. The van der Waals surface area contributed by atoms with Gasteiger partial charge in [-0.2, -0.15) is 5.26 Å². The topological polar surface area (TPSA) is 44.0 Å². The lowest BCUT2D eigenvalue weighted by molar-refractivity contribution is -0.135. The van der Waals surface area contributed by atoms with Crippen molar-refractivity contribution in [2.75, 3.05) is 0 Å². The molecule has 1 unspecified atom stereocenters. The zero-order valence-electron chi connectivity index (χ0n) is 14.3. The zero-order valence-corrected chi connectivity index (χ0v) is 14.3. The monoisotopic (exact) mass is 301 g/mol. The molecule has 4 rings (SSSR count). The molecular formula is C20H31NO. The van der Waals surface area contributed by atoms with E-state index in [0.717, 1.165) is 30.6 Å². The maximum absolute atomic E-state index is 10.9. The van der Waals surface area contributed by atoms with Crippen LogP contribution < -0.4 is 0 Å². The number of hydrogen-bond donors (Lipinski definition) is 1. The number of fused-ring (bicyclic) bond motifs is 5. The molecule has 22 heavy (non-hydrogen) atoms. The largest absolute Gasteiger partial charge is 0.375 e. The van der Waals surface area contributed by atoms with Gasteiger partial charge in [-0.25, -0.2) is 0 Å². The van der Waals surface area contributed by atoms with Crippen molar-refractivity contribution in [3.8, 4) is 6.07 Å². The average Bonchev–Trinajstić information content (AvgIpc) is 2.79. The van der Waals surface area contributed by atoms with Crippen LogP contribution in [0.3, 0.4) is 0 Å². The summed E-state index contributed by atoms with van der Waals surface area (Å²) in [6.07, 6.45) is 12.6. The van der Waals surface area contributed by atoms with Crippen LogP contribution in [-0.4, -0.2) is 10.7 Å². The van der Waals surface area contributed by atoms with Crippen LogP contribution in [0.2, 0.25) is 0 Å². The van der Waals surface area contributed by atoms with E-state index in [1.165, 1.54) is 44.9 Å². The van der Waals surface area contributed by atoms with Crippen molar-refractivity contribution in [2.24, 2.45) is 34.5 Å². The van der Waals surface area contributed by atoms with E-state index in [1.54, 1.807) is 0 Å². The van der Waals surface area contributed by atoms with Gasteiger partial charge in [0.1, 0.15) is 0 Å². The van der Waals surface area contributed by atoms with Crippen LogP contribution >= 0.6 is 0 Å². The van der Waals surface area contributed by atoms with Gasteiger partial charge >= 0.3 is 0 Å². The third-order valence-electron chi connectivity index (χ3n) is 8.92. The molecule has 0 radical (unpaired) electrons. The Kier molecular flexibility index (Phi) is 3.22. The lowest BCUT2D eigenvalue weighted by Gasteiger charge is -2.60. The minimum Gasteiger partial charge on any atom is -0.375 e. The first-order chi connectivity index (χ1) is 10.4. The molecular weight excluding hydrogens is 270 g/mol.